The highest BCUT2D eigenvalue weighted by molar-refractivity contribution is 5.44. The van der Waals surface area contributed by atoms with E-state index >= 15 is 0 Å². The fourth-order valence-electron chi connectivity index (χ4n) is 2.13. The van der Waals surface area contributed by atoms with Crippen molar-refractivity contribution in [3.8, 4) is 0 Å². The average molecular weight is 269 g/mol. The number of aromatic nitrogens is 1. The van der Waals surface area contributed by atoms with Crippen molar-refractivity contribution in [2.45, 2.75) is 26.9 Å². The van der Waals surface area contributed by atoms with Gasteiger partial charge in [-0.05, 0) is 42.9 Å². The predicted octanol–water partition coefficient (Wildman–Crippen LogP) is 3.54. The topological polar surface area (TPSA) is 28.2 Å². The molecule has 0 aliphatic carbocycles. The van der Waals surface area contributed by atoms with E-state index in [1.165, 1.54) is 5.56 Å². The molecule has 0 saturated heterocycles. The molecule has 0 amide bonds. The molecular weight excluding hydrogens is 246 g/mol. The van der Waals surface area contributed by atoms with Gasteiger partial charge in [0.2, 0.25) is 0 Å². The largest absolute Gasteiger partial charge is 0.379 e. The van der Waals surface area contributed by atoms with Gasteiger partial charge >= 0.3 is 0 Å². The summed E-state index contributed by atoms with van der Waals surface area (Å²) in [5.41, 5.74) is 3.55. The van der Waals surface area contributed by atoms with E-state index in [4.69, 9.17) is 0 Å². The van der Waals surface area contributed by atoms with Crippen LogP contribution in [-0.2, 0) is 13.1 Å². The van der Waals surface area contributed by atoms with Gasteiger partial charge in [0, 0.05) is 18.4 Å². The van der Waals surface area contributed by atoms with E-state index in [-0.39, 0.29) is 0 Å². The molecule has 0 spiro atoms. The van der Waals surface area contributed by atoms with Crippen molar-refractivity contribution < 1.29 is 0 Å². The molecule has 0 saturated carbocycles. The second-order valence-corrected chi connectivity index (χ2v) is 4.83. The third-order valence-electron chi connectivity index (χ3n) is 3.45. The fraction of sp³-hybridized carbons (Fsp3) is 0.353. The Hall–Kier alpha value is -1.87. The first-order valence-electron chi connectivity index (χ1n) is 7.27. The van der Waals surface area contributed by atoms with E-state index in [2.05, 4.69) is 53.3 Å². The van der Waals surface area contributed by atoms with Crippen molar-refractivity contribution in [3.05, 3.63) is 59.9 Å². The molecule has 2 rings (SSSR count). The second-order valence-electron chi connectivity index (χ2n) is 4.83. The van der Waals surface area contributed by atoms with Crippen molar-refractivity contribution >= 4 is 5.69 Å². The van der Waals surface area contributed by atoms with Crippen LogP contribution in [0.4, 0.5) is 5.69 Å². The SMILES string of the molecule is CCN(CC)Cc1ccc(NCc2ccccn2)cc1. The van der Waals surface area contributed by atoms with Crippen LogP contribution in [0.2, 0.25) is 0 Å². The van der Waals surface area contributed by atoms with Crippen LogP contribution in [0.1, 0.15) is 25.1 Å². The van der Waals surface area contributed by atoms with E-state index in [1.807, 2.05) is 24.4 Å². The highest BCUT2D eigenvalue weighted by atomic mass is 15.1. The highest BCUT2D eigenvalue weighted by Gasteiger charge is 2.01. The zero-order valence-electron chi connectivity index (χ0n) is 12.3. The summed E-state index contributed by atoms with van der Waals surface area (Å²) in [6.45, 7) is 8.37. The minimum absolute atomic E-state index is 0.760. The number of benzene rings is 1. The summed E-state index contributed by atoms with van der Waals surface area (Å²) in [7, 11) is 0. The third-order valence-corrected chi connectivity index (χ3v) is 3.45. The number of pyridine rings is 1. The van der Waals surface area contributed by atoms with Gasteiger partial charge in [-0.25, -0.2) is 0 Å². The van der Waals surface area contributed by atoms with Crippen LogP contribution in [0.5, 0.6) is 0 Å². The summed E-state index contributed by atoms with van der Waals surface area (Å²) in [5, 5.41) is 3.39. The lowest BCUT2D eigenvalue weighted by atomic mass is 10.2. The van der Waals surface area contributed by atoms with Gasteiger partial charge in [0.1, 0.15) is 0 Å². The Balaban J connectivity index is 1.88. The molecule has 0 unspecified atom stereocenters. The van der Waals surface area contributed by atoms with Gasteiger partial charge in [0.25, 0.3) is 0 Å². The zero-order chi connectivity index (χ0) is 14.2. The summed E-state index contributed by atoms with van der Waals surface area (Å²) < 4.78 is 0. The first-order chi connectivity index (χ1) is 9.81. The van der Waals surface area contributed by atoms with Crippen LogP contribution < -0.4 is 5.32 Å². The van der Waals surface area contributed by atoms with E-state index in [0.29, 0.717) is 0 Å². The minimum Gasteiger partial charge on any atom is -0.379 e. The molecule has 3 nitrogen and oxygen atoms in total. The smallest absolute Gasteiger partial charge is 0.0594 e. The molecule has 0 atom stereocenters. The molecule has 3 heteroatoms. The number of hydrogen-bond acceptors (Lipinski definition) is 3. The Kier molecular flexibility index (Phi) is 5.56. The molecule has 0 bridgehead atoms. The lowest BCUT2D eigenvalue weighted by Crippen LogP contribution is -2.21. The van der Waals surface area contributed by atoms with Crippen LogP contribution in [0.25, 0.3) is 0 Å². The maximum absolute atomic E-state index is 4.30. The van der Waals surface area contributed by atoms with Gasteiger partial charge in [-0.3, -0.25) is 9.88 Å². The molecule has 0 radical (unpaired) electrons. The molecule has 106 valence electrons. The molecule has 0 fully saturated rings. The first kappa shape index (κ1) is 14.5. The normalized spacial score (nSPS) is 10.8. The summed E-state index contributed by atoms with van der Waals surface area (Å²) in [5.74, 6) is 0. The average Bonchev–Trinajstić information content (AvgIpc) is 2.53. The van der Waals surface area contributed by atoms with Gasteiger partial charge in [-0.2, -0.15) is 0 Å². The fourth-order valence-corrected chi connectivity index (χ4v) is 2.13. The third kappa shape index (κ3) is 4.35. The Morgan fingerprint density at radius 3 is 2.35 bits per heavy atom. The number of rotatable bonds is 7. The van der Waals surface area contributed by atoms with E-state index in [1.54, 1.807) is 0 Å². The van der Waals surface area contributed by atoms with Gasteiger partial charge in [-0.15, -0.1) is 0 Å². The van der Waals surface area contributed by atoms with Gasteiger partial charge in [0.15, 0.2) is 0 Å². The Bertz CT molecular complexity index is 489. The molecule has 0 aliphatic heterocycles. The van der Waals surface area contributed by atoms with Crippen molar-refractivity contribution in [3.63, 3.8) is 0 Å². The molecule has 1 N–H and O–H groups in total. The molecule has 1 aromatic heterocycles. The summed E-state index contributed by atoms with van der Waals surface area (Å²) >= 11 is 0. The van der Waals surface area contributed by atoms with Crippen molar-refractivity contribution in [2.75, 3.05) is 18.4 Å². The van der Waals surface area contributed by atoms with E-state index < -0.39 is 0 Å². The molecule has 20 heavy (non-hydrogen) atoms. The summed E-state index contributed by atoms with van der Waals surface area (Å²) in [4.78, 5) is 6.72. The summed E-state index contributed by atoms with van der Waals surface area (Å²) in [6, 6.07) is 14.6. The number of hydrogen-bond donors (Lipinski definition) is 1. The standard InChI is InChI=1S/C17H23N3/c1-3-20(4-2)14-15-8-10-16(11-9-15)19-13-17-7-5-6-12-18-17/h5-12,19H,3-4,13-14H2,1-2H3. The predicted molar refractivity (Wildman–Crippen MR) is 84.6 cm³/mol. The minimum atomic E-state index is 0.760. The molecule has 2 aromatic rings. The molecule has 1 heterocycles. The Morgan fingerprint density at radius 2 is 1.75 bits per heavy atom. The monoisotopic (exact) mass is 269 g/mol. The highest BCUT2D eigenvalue weighted by Crippen LogP contribution is 2.12. The molecule has 0 aliphatic rings. The Morgan fingerprint density at radius 1 is 1.00 bits per heavy atom. The van der Waals surface area contributed by atoms with E-state index in [0.717, 1.165) is 37.6 Å². The van der Waals surface area contributed by atoms with Crippen LogP contribution in [-0.4, -0.2) is 23.0 Å². The lowest BCUT2D eigenvalue weighted by molar-refractivity contribution is 0.296. The molecular formula is C17H23N3. The van der Waals surface area contributed by atoms with Crippen LogP contribution in [0, 0.1) is 0 Å². The van der Waals surface area contributed by atoms with Gasteiger partial charge in [0.05, 0.1) is 12.2 Å². The Labute approximate surface area is 121 Å². The quantitative estimate of drug-likeness (QED) is 0.833. The lowest BCUT2D eigenvalue weighted by Gasteiger charge is -2.18. The maximum Gasteiger partial charge on any atom is 0.0594 e. The number of nitrogens with one attached hydrogen (secondary N) is 1. The van der Waals surface area contributed by atoms with Gasteiger partial charge < -0.3 is 5.32 Å². The van der Waals surface area contributed by atoms with Crippen LogP contribution >= 0.6 is 0 Å². The number of anilines is 1. The second kappa shape index (κ2) is 7.65. The van der Waals surface area contributed by atoms with Crippen molar-refractivity contribution in [1.82, 2.24) is 9.88 Å². The van der Waals surface area contributed by atoms with Crippen LogP contribution in [0.3, 0.4) is 0 Å². The van der Waals surface area contributed by atoms with Gasteiger partial charge in [-0.1, -0.05) is 32.0 Å². The van der Waals surface area contributed by atoms with Crippen molar-refractivity contribution in [2.24, 2.45) is 0 Å². The van der Waals surface area contributed by atoms with Crippen LogP contribution in [0.15, 0.2) is 48.7 Å². The molecule has 1 aromatic carbocycles. The maximum atomic E-state index is 4.30. The first-order valence-corrected chi connectivity index (χ1v) is 7.27. The van der Waals surface area contributed by atoms with Crippen molar-refractivity contribution in [1.29, 1.82) is 0 Å². The summed E-state index contributed by atoms with van der Waals surface area (Å²) in [6.07, 6.45) is 1.82. The number of nitrogens with zero attached hydrogens (tertiary/aromatic N) is 2. The van der Waals surface area contributed by atoms with E-state index in [9.17, 15) is 0 Å². The zero-order valence-corrected chi connectivity index (χ0v) is 12.3.